The monoisotopic (exact) mass is 286 g/mol. The van der Waals surface area contributed by atoms with Crippen molar-refractivity contribution in [2.45, 2.75) is 42.8 Å². The summed E-state index contributed by atoms with van der Waals surface area (Å²) in [5.74, 6) is 1.56. The lowest BCUT2D eigenvalue weighted by Crippen LogP contribution is -2.48. The normalized spacial score (nSPS) is 19.1. The van der Waals surface area contributed by atoms with Gasteiger partial charge in [-0.05, 0) is 11.5 Å². The fourth-order valence-corrected chi connectivity index (χ4v) is 3.85. The molecule has 104 valence electrons. The van der Waals surface area contributed by atoms with Gasteiger partial charge in [-0.2, -0.15) is 0 Å². The van der Waals surface area contributed by atoms with Crippen LogP contribution >= 0.6 is 23.5 Å². The molecular weight excluding hydrogens is 264 g/mol. The number of hydrogen-bond acceptors (Lipinski definition) is 7. The van der Waals surface area contributed by atoms with Crippen LogP contribution < -0.4 is 0 Å². The van der Waals surface area contributed by atoms with E-state index in [0.717, 1.165) is 11.5 Å². The summed E-state index contributed by atoms with van der Waals surface area (Å²) in [4.78, 5) is 0. The highest BCUT2D eigenvalue weighted by atomic mass is 32.2. The molecular formula is C10H22O5S2. The highest BCUT2D eigenvalue weighted by Crippen LogP contribution is 2.29. The summed E-state index contributed by atoms with van der Waals surface area (Å²) >= 11 is 2.94. The van der Waals surface area contributed by atoms with Crippen LogP contribution in [0.25, 0.3) is 0 Å². The van der Waals surface area contributed by atoms with Crippen molar-refractivity contribution in [3.05, 3.63) is 0 Å². The lowest BCUT2D eigenvalue weighted by atomic mass is 10.0. The highest BCUT2D eigenvalue weighted by molar-refractivity contribution is 8.17. The Morgan fingerprint density at radius 1 is 0.824 bits per heavy atom. The standard InChI is InChI=1S/C10H22O5S2/c1-3-16-10(17-4-2)9(15)8(14)7(13)6(12)5-11/h6-15H,3-5H2,1-2H3/t6-,7-,8-,9+/m1/s1. The van der Waals surface area contributed by atoms with Crippen molar-refractivity contribution < 1.29 is 25.5 Å². The Morgan fingerprint density at radius 3 is 1.65 bits per heavy atom. The van der Waals surface area contributed by atoms with Crippen LogP contribution in [-0.4, -0.2) is 72.6 Å². The molecule has 0 rings (SSSR count). The van der Waals surface area contributed by atoms with Crippen molar-refractivity contribution in [2.75, 3.05) is 18.1 Å². The van der Waals surface area contributed by atoms with E-state index in [1.165, 1.54) is 23.5 Å². The molecule has 0 aliphatic rings. The van der Waals surface area contributed by atoms with Crippen molar-refractivity contribution in [1.29, 1.82) is 0 Å². The average molecular weight is 286 g/mol. The first-order valence-electron chi connectivity index (χ1n) is 5.55. The largest absolute Gasteiger partial charge is 0.394 e. The fraction of sp³-hybridized carbons (Fsp3) is 1.00. The number of aliphatic hydroxyl groups is 5. The number of aliphatic hydroxyl groups excluding tert-OH is 5. The summed E-state index contributed by atoms with van der Waals surface area (Å²) in [6.07, 6.45) is -5.62. The van der Waals surface area contributed by atoms with Crippen LogP contribution in [0.5, 0.6) is 0 Å². The number of thioether (sulfide) groups is 2. The molecule has 5 N–H and O–H groups in total. The van der Waals surface area contributed by atoms with Gasteiger partial charge in [-0.1, -0.05) is 13.8 Å². The molecule has 0 fully saturated rings. The Hall–Kier alpha value is 0.500. The predicted molar refractivity (Wildman–Crippen MR) is 71.2 cm³/mol. The molecule has 0 amide bonds. The first kappa shape index (κ1) is 17.5. The first-order valence-corrected chi connectivity index (χ1v) is 7.65. The second kappa shape index (κ2) is 9.43. The molecule has 0 radical (unpaired) electrons. The maximum atomic E-state index is 9.91. The van der Waals surface area contributed by atoms with Crippen LogP contribution in [0.15, 0.2) is 0 Å². The summed E-state index contributed by atoms with van der Waals surface area (Å²) in [5.41, 5.74) is 0. The molecule has 0 spiro atoms. The third kappa shape index (κ3) is 5.78. The summed E-state index contributed by atoms with van der Waals surface area (Å²) < 4.78 is -0.263. The van der Waals surface area contributed by atoms with Crippen molar-refractivity contribution in [3.63, 3.8) is 0 Å². The van der Waals surface area contributed by atoms with Crippen LogP contribution in [0.4, 0.5) is 0 Å². The van der Waals surface area contributed by atoms with E-state index in [-0.39, 0.29) is 4.58 Å². The molecule has 7 heteroatoms. The van der Waals surface area contributed by atoms with E-state index in [1.54, 1.807) is 0 Å². The Kier molecular flexibility index (Phi) is 9.71. The average Bonchev–Trinajstić information content (AvgIpc) is 2.34. The minimum Gasteiger partial charge on any atom is -0.394 e. The second-order valence-corrected chi connectivity index (χ2v) is 6.64. The van der Waals surface area contributed by atoms with E-state index >= 15 is 0 Å². The topological polar surface area (TPSA) is 101 Å². The SMILES string of the molecule is CCSC(SCC)[C@@H](O)[C@H](O)[C@H](O)[C@H](O)CO. The van der Waals surface area contributed by atoms with Crippen LogP contribution in [0.3, 0.4) is 0 Å². The lowest BCUT2D eigenvalue weighted by Gasteiger charge is -2.30. The molecule has 0 unspecified atom stereocenters. The van der Waals surface area contributed by atoms with Gasteiger partial charge < -0.3 is 25.5 Å². The summed E-state index contributed by atoms with van der Waals surface area (Å²) in [6, 6.07) is 0. The molecule has 0 aromatic rings. The van der Waals surface area contributed by atoms with Gasteiger partial charge in [0.25, 0.3) is 0 Å². The maximum Gasteiger partial charge on any atom is 0.111 e. The Bertz CT molecular complexity index is 190. The van der Waals surface area contributed by atoms with E-state index < -0.39 is 31.0 Å². The van der Waals surface area contributed by atoms with Crippen LogP contribution in [-0.2, 0) is 0 Å². The smallest absolute Gasteiger partial charge is 0.111 e. The number of rotatable bonds is 9. The molecule has 0 aromatic carbocycles. The van der Waals surface area contributed by atoms with E-state index in [1.807, 2.05) is 13.8 Å². The second-order valence-electron chi connectivity index (χ2n) is 3.50. The molecule has 5 nitrogen and oxygen atoms in total. The van der Waals surface area contributed by atoms with Crippen LogP contribution in [0.2, 0.25) is 0 Å². The van der Waals surface area contributed by atoms with E-state index in [2.05, 4.69) is 0 Å². The van der Waals surface area contributed by atoms with Gasteiger partial charge in [0.15, 0.2) is 0 Å². The first-order chi connectivity index (χ1) is 7.99. The highest BCUT2D eigenvalue weighted by Gasteiger charge is 2.34. The van der Waals surface area contributed by atoms with Crippen molar-refractivity contribution in [3.8, 4) is 0 Å². The van der Waals surface area contributed by atoms with Crippen molar-refractivity contribution in [2.24, 2.45) is 0 Å². The van der Waals surface area contributed by atoms with E-state index in [0.29, 0.717) is 0 Å². The van der Waals surface area contributed by atoms with Gasteiger partial charge in [-0.25, -0.2) is 0 Å². The maximum absolute atomic E-state index is 9.91. The molecule has 0 heterocycles. The molecule has 0 bridgehead atoms. The molecule has 4 atom stereocenters. The zero-order chi connectivity index (χ0) is 13.4. The quantitative estimate of drug-likeness (QED) is 0.356. The van der Waals surface area contributed by atoms with E-state index in [9.17, 15) is 20.4 Å². The van der Waals surface area contributed by atoms with Gasteiger partial charge >= 0.3 is 0 Å². The molecule has 0 aromatic heterocycles. The number of hydrogen-bond donors (Lipinski definition) is 5. The lowest BCUT2D eigenvalue weighted by molar-refractivity contribution is -0.111. The Labute approximate surface area is 110 Å². The molecule has 0 saturated heterocycles. The van der Waals surface area contributed by atoms with Gasteiger partial charge in [0, 0.05) is 0 Å². The zero-order valence-electron chi connectivity index (χ0n) is 10.1. The molecule has 0 aliphatic heterocycles. The van der Waals surface area contributed by atoms with Gasteiger partial charge in [0.2, 0.25) is 0 Å². The van der Waals surface area contributed by atoms with Crippen molar-refractivity contribution in [1.82, 2.24) is 0 Å². The minimum atomic E-state index is -1.55. The van der Waals surface area contributed by atoms with Gasteiger partial charge in [-0.3, -0.25) is 0 Å². The van der Waals surface area contributed by atoms with Crippen LogP contribution in [0.1, 0.15) is 13.8 Å². The molecule has 0 aliphatic carbocycles. The third-order valence-corrected chi connectivity index (χ3v) is 4.92. The molecule has 0 saturated carbocycles. The van der Waals surface area contributed by atoms with E-state index in [4.69, 9.17) is 5.11 Å². The van der Waals surface area contributed by atoms with Crippen LogP contribution in [0, 0.1) is 0 Å². The van der Waals surface area contributed by atoms with Gasteiger partial charge in [0.05, 0.1) is 11.2 Å². The van der Waals surface area contributed by atoms with Gasteiger partial charge in [-0.15, -0.1) is 23.5 Å². The minimum absolute atomic E-state index is 0.263. The van der Waals surface area contributed by atoms with Gasteiger partial charge in [0.1, 0.15) is 24.4 Å². The van der Waals surface area contributed by atoms with Crippen molar-refractivity contribution >= 4 is 23.5 Å². The zero-order valence-corrected chi connectivity index (χ0v) is 11.7. The summed E-state index contributed by atoms with van der Waals surface area (Å²) in [6.45, 7) is 3.22. The summed E-state index contributed by atoms with van der Waals surface area (Å²) in [7, 11) is 0. The summed E-state index contributed by atoms with van der Waals surface area (Å²) in [5, 5.41) is 47.0. The Morgan fingerprint density at radius 2 is 1.29 bits per heavy atom. The third-order valence-electron chi connectivity index (χ3n) is 2.22. The Balaban J connectivity index is 4.46. The fourth-order valence-electron chi connectivity index (χ4n) is 1.27. The molecule has 17 heavy (non-hydrogen) atoms. The predicted octanol–water partition coefficient (Wildman–Crippen LogP) is -0.745.